The fourth-order valence-corrected chi connectivity index (χ4v) is 7.15. The van der Waals surface area contributed by atoms with Gasteiger partial charge in [0.2, 0.25) is 0 Å². The largest absolute Gasteiger partial charge is 0.459 e. The zero-order valence-electron chi connectivity index (χ0n) is 26.1. The van der Waals surface area contributed by atoms with E-state index in [1.165, 1.54) is 39.0 Å². The van der Waals surface area contributed by atoms with Crippen LogP contribution in [0.4, 0.5) is 0 Å². The number of rotatable bonds is 7. The number of carbonyl (C=O) groups is 5. The summed E-state index contributed by atoms with van der Waals surface area (Å²) in [6.07, 6.45) is -2.32. The molecule has 0 amide bonds. The second-order valence-corrected chi connectivity index (χ2v) is 12.8. The van der Waals surface area contributed by atoms with Crippen LogP contribution in [0.2, 0.25) is 0 Å². The van der Waals surface area contributed by atoms with Gasteiger partial charge in [-0.3, -0.25) is 24.0 Å². The van der Waals surface area contributed by atoms with Crippen molar-refractivity contribution in [2.45, 2.75) is 103 Å². The lowest BCUT2D eigenvalue weighted by molar-refractivity contribution is -0.255. The van der Waals surface area contributed by atoms with Crippen molar-refractivity contribution in [2.24, 2.45) is 23.2 Å². The average molecular weight is 623 g/mol. The van der Waals surface area contributed by atoms with Gasteiger partial charge in [-0.1, -0.05) is 26.8 Å². The molecule has 13 nitrogen and oxygen atoms in total. The highest BCUT2D eigenvalue weighted by Crippen LogP contribution is 2.62. The molecule has 44 heavy (non-hydrogen) atoms. The maximum atomic E-state index is 13.3. The molecule has 0 bridgehead atoms. The first-order valence-corrected chi connectivity index (χ1v) is 14.8. The van der Waals surface area contributed by atoms with Crippen molar-refractivity contribution in [3.63, 3.8) is 0 Å². The summed E-state index contributed by atoms with van der Waals surface area (Å²) in [6, 6.07) is 0. The van der Waals surface area contributed by atoms with E-state index in [0.29, 0.717) is 0 Å². The van der Waals surface area contributed by atoms with Gasteiger partial charge in [-0.15, -0.1) is 0 Å². The van der Waals surface area contributed by atoms with E-state index in [-0.39, 0.29) is 30.9 Å². The summed E-state index contributed by atoms with van der Waals surface area (Å²) in [5.74, 6) is -6.02. The Hall–Kier alpha value is -3.29. The highest BCUT2D eigenvalue weighted by molar-refractivity contribution is 5.78. The molecular weight excluding hydrogens is 580 g/mol. The normalized spacial score (nSPS) is 39.4. The Morgan fingerprint density at radius 2 is 1.61 bits per heavy atom. The summed E-state index contributed by atoms with van der Waals surface area (Å²) < 4.78 is 35.2. The van der Waals surface area contributed by atoms with E-state index in [9.17, 15) is 34.2 Å². The van der Waals surface area contributed by atoms with Crippen LogP contribution in [0.1, 0.15) is 61.3 Å². The van der Waals surface area contributed by atoms with Crippen molar-refractivity contribution < 1.29 is 62.6 Å². The molecule has 2 aliphatic carbocycles. The lowest BCUT2D eigenvalue weighted by atomic mass is 9.52. The van der Waals surface area contributed by atoms with Crippen molar-refractivity contribution in [2.75, 3.05) is 13.2 Å². The lowest BCUT2D eigenvalue weighted by Gasteiger charge is -2.57. The minimum atomic E-state index is -2.22. The predicted molar refractivity (Wildman–Crippen MR) is 149 cm³/mol. The molecule has 4 rings (SSSR count). The Bertz CT molecular complexity index is 1250. The first kappa shape index (κ1) is 33.6. The molecule has 0 aromatic heterocycles. The number of carbonyl (C=O) groups excluding carboxylic acids is 5. The Labute approximate surface area is 255 Å². The molecular formula is C31H42O13. The zero-order valence-corrected chi connectivity index (χ0v) is 26.1. The number of aliphatic hydroxyl groups is 2. The van der Waals surface area contributed by atoms with E-state index in [1.54, 1.807) is 6.92 Å². The van der Waals surface area contributed by atoms with Crippen molar-refractivity contribution >= 4 is 29.8 Å². The molecule has 0 aromatic rings. The lowest BCUT2D eigenvalue weighted by Crippen LogP contribution is -2.71. The Kier molecular flexibility index (Phi) is 9.35. The van der Waals surface area contributed by atoms with Gasteiger partial charge >= 0.3 is 29.8 Å². The highest BCUT2D eigenvalue weighted by Gasteiger charge is 2.77. The van der Waals surface area contributed by atoms with Gasteiger partial charge in [0.1, 0.15) is 30.0 Å². The summed E-state index contributed by atoms with van der Waals surface area (Å²) >= 11 is 0. The molecule has 2 aliphatic heterocycles. The molecule has 2 saturated heterocycles. The minimum Gasteiger partial charge on any atom is -0.459 e. The minimum absolute atomic E-state index is 0.0272. The number of aliphatic hydroxyl groups excluding tert-OH is 1. The molecule has 13 heteroatoms. The summed E-state index contributed by atoms with van der Waals surface area (Å²) in [4.78, 5) is 64.0. The zero-order chi connectivity index (χ0) is 32.8. The van der Waals surface area contributed by atoms with Gasteiger partial charge in [0.05, 0.1) is 24.5 Å². The monoisotopic (exact) mass is 622 g/mol. The maximum Gasteiger partial charge on any atom is 0.312 e. The molecule has 4 aliphatic rings. The summed E-state index contributed by atoms with van der Waals surface area (Å²) in [5, 5.41) is 22.8. The molecule has 1 saturated carbocycles. The second-order valence-electron chi connectivity index (χ2n) is 12.8. The van der Waals surface area contributed by atoms with Crippen LogP contribution in [0, 0.1) is 23.2 Å². The van der Waals surface area contributed by atoms with Gasteiger partial charge in [-0.05, 0) is 30.6 Å². The molecule has 2 heterocycles. The number of hydrogen-bond acceptors (Lipinski definition) is 13. The van der Waals surface area contributed by atoms with Gasteiger partial charge in [-0.25, -0.2) is 0 Å². The Morgan fingerprint density at radius 1 is 1.02 bits per heavy atom. The van der Waals surface area contributed by atoms with Crippen molar-refractivity contribution in [1.29, 1.82) is 0 Å². The van der Waals surface area contributed by atoms with E-state index in [2.05, 4.69) is 0 Å². The van der Waals surface area contributed by atoms with E-state index in [1.807, 2.05) is 13.8 Å². The number of hydrogen-bond donors (Lipinski definition) is 2. The molecule has 0 aromatic carbocycles. The smallest absolute Gasteiger partial charge is 0.312 e. The van der Waals surface area contributed by atoms with Crippen LogP contribution in [0.3, 0.4) is 0 Å². The first-order valence-electron chi connectivity index (χ1n) is 14.8. The van der Waals surface area contributed by atoms with Crippen LogP contribution in [0.15, 0.2) is 23.8 Å². The van der Waals surface area contributed by atoms with E-state index in [0.717, 1.165) is 6.92 Å². The van der Waals surface area contributed by atoms with E-state index < -0.39 is 95.4 Å². The fourth-order valence-electron chi connectivity index (χ4n) is 7.15. The number of fused-ring (bicyclic) bond motifs is 3. The van der Waals surface area contributed by atoms with Crippen LogP contribution < -0.4 is 0 Å². The molecule has 244 valence electrons. The quantitative estimate of drug-likeness (QED) is 0.236. The van der Waals surface area contributed by atoms with Gasteiger partial charge < -0.3 is 38.6 Å². The predicted octanol–water partition coefficient (Wildman–Crippen LogP) is 1.32. The average Bonchev–Trinajstić information content (AvgIpc) is 3.63. The van der Waals surface area contributed by atoms with Gasteiger partial charge in [0, 0.05) is 39.5 Å². The molecule has 3 fully saturated rings. The van der Waals surface area contributed by atoms with E-state index >= 15 is 0 Å². The van der Waals surface area contributed by atoms with E-state index in [4.69, 9.17) is 28.4 Å². The highest BCUT2D eigenvalue weighted by atomic mass is 16.6. The second kappa shape index (κ2) is 12.2. The Balaban J connectivity index is 2.07. The summed E-state index contributed by atoms with van der Waals surface area (Å²) in [7, 11) is 0. The maximum absolute atomic E-state index is 13.3. The van der Waals surface area contributed by atoms with Crippen LogP contribution >= 0.6 is 0 Å². The number of ether oxygens (including phenoxy) is 6. The molecule has 10 unspecified atom stereocenters. The fraction of sp³-hybridized carbons (Fsp3) is 0.710. The van der Waals surface area contributed by atoms with Crippen molar-refractivity contribution in [3.8, 4) is 0 Å². The molecule has 10 atom stereocenters. The third kappa shape index (κ3) is 6.01. The van der Waals surface area contributed by atoms with Gasteiger partial charge in [-0.2, -0.15) is 0 Å². The van der Waals surface area contributed by atoms with Crippen LogP contribution in [0.25, 0.3) is 0 Å². The third-order valence-electron chi connectivity index (χ3n) is 9.14. The van der Waals surface area contributed by atoms with Gasteiger partial charge in [0.15, 0.2) is 11.7 Å². The standard InChI is InChI=1S/C31H42O13/c1-15(2)10-24(36)43-22-9-8-20(13-32)11-23-31(38,16(3)28(37)44-23)27(42-19(6)35)25-29(22,7)26(41-18(5)34)21(40-17(4)33)12-30(25)14-39-30/h8-9,11,15-16,21-23,25-27,32,38H,10,12-14H2,1-7H3. The van der Waals surface area contributed by atoms with Crippen molar-refractivity contribution in [1.82, 2.24) is 0 Å². The molecule has 2 N–H and O–H groups in total. The van der Waals surface area contributed by atoms with Crippen LogP contribution in [-0.4, -0.2) is 95.0 Å². The van der Waals surface area contributed by atoms with Crippen molar-refractivity contribution in [3.05, 3.63) is 23.8 Å². The van der Waals surface area contributed by atoms with Crippen LogP contribution in [-0.2, 0) is 52.4 Å². The summed E-state index contributed by atoms with van der Waals surface area (Å²) in [5.41, 5.74) is -4.90. The number of esters is 5. The SMILES string of the molecule is CC(=O)OC1CC2(CO2)C2C(OC(C)=O)C3(O)C(C=C(CO)C=CC(OC(=O)CC(C)C)C2(C)C1OC(C)=O)OC(=O)C3C. The van der Waals surface area contributed by atoms with Gasteiger partial charge in [0.25, 0.3) is 0 Å². The van der Waals surface area contributed by atoms with Crippen LogP contribution in [0.5, 0.6) is 0 Å². The third-order valence-corrected chi connectivity index (χ3v) is 9.14. The number of epoxide rings is 1. The molecule has 1 spiro atoms. The summed E-state index contributed by atoms with van der Waals surface area (Å²) in [6.45, 7) is 9.72. The Morgan fingerprint density at radius 3 is 2.14 bits per heavy atom. The first-order chi connectivity index (χ1) is 20.5. The molecule has 0 radical (unpaired) electrons. The topological polar surface area (TPSA) is 184 Å².